The van der Waals surface area contributed by atoms with E-state index in [2.05, 4.69) is 5.10 Å². The van der Waals surface area contributed by atoms with Gasteiger partial charge in [-0.05, 0) is 11.4 Å². The van der Waals surface area contributed by atoms with Gasteiger partial charge < -0.3 is 4.90 Å². The van der Waals surface area contributed by atoms with Crippen molar-refractivity contribution in [1.29, 1.82) is 0 Å². The van der Waals surface area contributed by atoms with Gasteiger partial charge in [0.15, 0.2) is 0 Å². The van der Waals surface area contributed by atoms with Crippen LogP contribution in [0.1, 0.15) is 6.92 Å². The number of hydrogen-bond acceptors (Lipinski definition) is 5. The number of hydrogen-bond donors (Lipinski definition) is 0. The van der Waals surface area contributed by atoms with Gasteiger partial charge in [-0.3, -0.25) is 9.48 Å². The highest BCUT2D eigenvalue weighted by atomic mass is 35.5. The monoisotopic (exact) mass is 402 g/mol. The van der Waals surface area contributed by atoms with Crippen molar-refractivity contribution < 1.29 is 13.2 Å². The van der Waals surface area contributed by atoms with E-state index in [0.29, 0.717) is 42.0 Å². The molecule has 1 saturated heterocycles. The number of aromatic nitrogens is 2. The molecule has 136 valence electrons. The highest BCUT2D eigenvalue weighted by Crippen LogP contribution is 2.22. The van der Waals surface area contributed by atoms with E-state index < -0.39 is 10.0 Å². The average Bonchev–Trinajstić information content (AvgIpc) is 3.26. The fraction of sp³-hybridized carbons (Fsp3) is 0.467. The molecule has 1 unspecified atom stereocenters. The van der Waals surface area contributed by atoms with E-state index in [4.69, 9.17) is 11.6 Å². The Labute approximate surface area is 155 Å². The minimum atomic E-state index is -3.45. The van der Waals surface area contributed by atoms with Gasteiger partial charge in [0, 0.05) is 32.4 Å². The van der Waals surface area contributed by atoms with Crippen molar-refractivity contribution in [2.24, 2.45) is 5.92 Å². The van der Waals surface area contributed by atoms with E-state index in [1.165, 1.54) is 21.8 Å². The molecule has 2 aromatic rings. The summed E-state index contributed by atoms with van der Waals surface area (Å²) in [5, 5.41) is 6.36. The van der Waals surface area contributed by atoms with Crippen LogP contribution in [-0.4, -0.2) is 59.5 Å². The third kappa shape index (κ3) is 4.05. The third-order valence-corrected chi connectivity index (χ3v) is 7.59. The lowest BCUT2D eigenvalue weighted by Gasteiger charge is -2.35. The summed E-state index contributed by atoms with van der Waals surface area (Å²) in [6, 6.07) is 3.33. The average molecular weight is 403 g/mol. The van der Waals surface area contributed by atoms with Gasteiger partial charge in [0.2, 0.25) is 5.91 Å². The Morgan fingerprint density at radius 2 is 2.08 bits per heavy atom. The summed E-state index contributed by atoms with van der Waals surface area (Å²) in [5.74, 6) is -0.254. The molecule has 0 N–H and O–H groups in total. The zero-order chi connectivity index (χ0) is 18.0. The van der Waals surface area contributed by atoms with Crippen molar-refractivity contribution in [2.75, 3.05) is 26.2 Å². The SMILES string of the molecule is CC(Cn1cc(Cl)cn1)C(=O)N1CCN(S(=O)(=O)c2cccs2)CC1. The summed E-state index contributed by atoms with van der Waals surface area (Å²) in [4.78, 5) is 14.3. The number of carbonyl (C=O) groups is 1. The number of sulfonamides is 1. The summed E-state index contributed by atoms with van der Waals surface area (Å²) >= 11 is 7.04. The van der Waals surface area contributed by atoms with Crippen LogP contribution < -0.4 is 0 Å². The second-order valence-corrected chi connectivity index (χ2v) is 9.49. The molecule has 1 fully saturated rings. The normalized spacial score (nSPS) is 17.6. The van der Waals surface area contributed by atoms with Crippen molar-refractivity contribution in [1.82, 2.24) is 19.0 Å². The molecule has 0 saturated carbocycles. The van der Waals surface area contributed by atoms with Gasteiger partial charge in [-0.1, -0.05) is 24.6 Å². The molecule has 0 bridgehead atoms. The lowest BCUT2D eigenvalue weighted by Crippen LogP contribution is -2.51. The maximum Gasteiger partial charge on any atom is 0.252 e. The Morgan fingerprint density at radius 1 is 1.36 bits per heavy atom. The van der Waals surface area contributed by atoms with E-state index >= 15 is 0 Å². The Morgan fingerprint density at radius 3 is 2.64 bits per heavy atom. The lowest BCUT2D eigenvalue weighted by molar-refractivity contribution is -0.136. The molecular weight excluding hydrogens is 384 g/mol. The standard InChI is InChI=1S/C15H19ClN4O3S2/c1-12(10-19-11-13(16)9-17-19)15(21)18-4-6-20(7-5-18)25(22,23)14-3-2-8-24-14/h2-3,8-9,11-12H,4-7,10H2,1H3. The first-order chi connectivity index (χ1) is 11.9. The van der Waals surface area contributed by atoms with Crippen molar-refractivity contribution in [3.63, 3.8) is 0 Å². The van der Waals surface area contributed by atoms with E-state index in [-0.39, 0.29) is 11.8 Å². The van der Waals surface area contributed by atoms with Gasteiger partial charge in [0.1, 0.15) is 4.21 Å². The van der Waals surface area contributed by atoms with Gasteiger partial charge >= 0.3 is 0 Å². The van der Waals surface area contributed by atoms with Crippen LogP contribution >= 0.6 is 22.9 Å². The summed E-state index contributed by atoms with van der Waals surface area (Å²) in [6.45, 7) is 3.70. The molecule has 25 heavy (non-hydrogen) atoms. The molecule has 1 atom stereocenters. The molecule has 1 amide bonds. The van der Waals surface area contributed by atoms with Crippen molar-refractivity contribution >= 4 is 38.9 Å². The van der Waals surface area contributed by atoms with Gasteiger partial charge in [0.05, 0.1) is 23.7 Å². The van der Waals surface area contributed by atoms with Gasteiger partial charge in [-0.2, -0.15) is 9.40 Å². The fourth-order valence-corrected chi connectivity index (χ4v) is 5.52. The Hall–Kier alpha value is -1.42. The van der Waals surface area contributed by atoms with E-state index in [1.807, 2.05) is 6.92 Å². The molecule has 3 heterocycles. The van der Waals surface area contributed by atoms with Crippen LogP contribution in [0.5, 0.6) is 0 Å². The molecule has 0 radical (unpaired) electrons. The first-order valence-electron chi connectivity index (χ1n) is 7.88. The van der Waals surface area contributed by atoms with Gasteiger partial charge in [-0.25, -0.2) is 8.42 Å². The zero-order valence-corrected chi connectivity index (χ0v) is 16.1. The highest BCUT2D eigenvalue weighted by molar-refractivity contribution is 7.91. The Bertz CT molecular complexity index is 827. The lowest BCUT2D eigenvalue weighted by atomic mass is 10.1. The maximum atomic E-state index is 12.6. The van der Waals surface area contributed by atoms with Crippen LogP contribution in [0.2, 0.25) is 5.02 Å². The van der Waals surface area contributed by atoms with Crippen LogP contribution in [0.25, 0.3) is 0 Å². The predicted octanol–water partition coefficient (Wildman–Crippen LogP) is 1.77. The molecule has 3 rings (SSSR count). The number of amides is 1. The molecule has 1 aliphatic rings. The van der Waals surface area contributed by atoms with Crippen LogP contribution in [0.3, 0.4) is 0 Å². The number of piperazine rings is 1. The Balaban J connectivity index is 1.57. The number of halogens is 1. The second-order valence-electron chi connectivity index (χ2n) is 5.94. The molecule has 0 aromatic carbocycles. The minimum absolute atomic E-state index is 0.000191. The largest absolute Gasteiger partial charge is 0.340 e. The molecule has 0 spiro atoms. The Kier molecular flexibility index (Phi) is 5.47. The number of rotatable bonds is 5. The third-order valence-electron chi connectivity index (χ3n) is 4.12. The summed E-state index contributed by atoms with van der Waals surface area (Å²) in [6.07, 6.45) is 3.21. The second kappa shape index (κ2) is 7.45. The van der Waals surface area contributed by atoms with Crippen molar-refractivity contribution in [3.8, 4) is 0 Å². The number of thiophene rings is 1. The minimum Gasteiger partial charge on any atom is -0.340 e. The molecular formula is C15H19ClN4O3S2. The molecule has 0 aliphatic carbocycles. The zero-order valence-electron chi connectivity index (χ0n) is 13.7. The van der Waals surface area contributed by atoms with Crippen molar-refractivity contribution in [2.45, 2.75) is 17.7 Å². The van der Waals surface area contributed by atoms with Crippen molar-refractivity contribution in [3.05, 3.63) is 34.9 Å². The first kappa shape index (κ1) is 18.4. The van der Waals surface area contributed by atoms with Crippen LogP contribution in [0.4, 0.5) is 0 Å². The number of carbonyl (C=O) groups excluding carboxylic acids is 1. The van der Waals surface area contributed by atoms with E-state index in [9.17, 15) is 13.2 Å². The van der Waals surface area contributed by atoms with E-state index in [0.717, 1.165) is 0 Å². The summed E-state index contributed by atoms with van der Waals surface area (Å²) < 4.78 is 28.5. The molecule has 1 aliphatic heterocycles. The van der Waals surface area contributed by atoms with Crippen LogP contribution in [-0.2, 0) is 21.4 Å². The topological polar surface area (TPSA) is 75.5 Å². The van der Waals surface area contributed by atoms with Gasteiger partial charge in [-0.15, -0.1) is 11.3 Å². The van der Waals surface area contributed by atoms with Crippen LogP contribution in [0.15, 0.2) is 34.1 Å². The quantitative estimate of drug-likeness (QED) is 0.763. The highest BCUT2D eigenvalue weighted by Gasteiger charge is 2.32. The molecule has 10 heteroatoms. The van der Waals surface area contributed by atoms with Gasteiger partial charge in [0.25, 0.3) is 10.0 Å². The van der Waals surface area contributed by atoms with Crippen LogP contribution in [0, 0.1) is 5.92 Å². The fourth-order valence-electron chi connectivity index (χ4n) is 2.79. The maximum absolute atomic E-state index is 12.6. The number of nitrogens with zero attached hydrogens (tertiary/aromatic N) is 4. The smallest absolute Gasteiger partial charge is 0.252 e. The first-order valence-corrected chi connectivity index (χ1v) is 10.6. The van der Waals surface area contributed by atoms with E-state index in [1.54, 1.807) is 33.3 Å². The molecule has 7 nitrogen and oxygen atoms in total. The summed E-state index contributed by atoms with van der Waals surface area (Å²) in [7, 11) is -3.45. The predicted molar refractivity (Wildman–Crippen MR) is 96.1 cm³/mol. The molecule has 2 aromatic heterocycles. The summed E-state index contributed by atoms with van der Waals surface area (Å²) in [5.41, 5.74) is 0.